The summed E-state index contributed by atoms with van der Waals surface area (Å²) >= 11 is 0. The topological polar surface area (TPSA) is 76.9 Å². The number of ether oxygens (including phenoxy) is 1. The van der Waals surface area contributed by atoms with E-state index in [0.29, 0.717) is 12.0 Å². The molecule has 0 radical (unpaired) electrons. The third-order valence-electron chi connectivity index (χ3n) is 2.83. The molecule has 0 saturated carbocycles. The van der Waals surface area contributed by atoms with Gasteiger partial charge in [-0.05, 0) is 20.3 Å². The maximum Gasteiger partial charge on any atom is 0.226 e. The Morgan fingerprint density at radius 1 is 1.35 bits per heavy atom. The molecule has 0 aliphatic carbocycles. The highest BCUT2D eigenvalue weighted by Crippen LogP contribution is 2.21. The minimum absolute atomic E-state index is 0.301. The normalized spacial score (nSPS) is 11.2. The van der Waals surface area contributed by atoms with Gasteiger partial charge < -0.3 is 15.4 Å². The van der Waals surface area contributed by atoms with Gasteiger partial charge in [-0.2, -0.15) is 15.1 Å². The van der Waals surface area contributed by atoms with E-state index in [4.69, 9.17) is 4.74 Å². The first-order valence-electron chi connectivity index (χ1n) is 6.81. The zero-order chi connectivity index (χ0) is 14.5. The van der Waals surface area contributed by atoms with Gasteiger partial charge in [-0.25, -0.2) is 0 Å². The molecule has 0 spiro atoms. The number of rotatable bonds is 7. The molecule has 2 rings (SSSR count). The molecule has 2 N–H and O–H groups in total. The number of nitrogens with one attached hydrogen (secondary N) is 2. The maximum absolute atomic E-state index is 5.03. The Morgan fingerprint density at radius 2 is 2.15 bits per heavy atom. The monoisotopic (exact) mass is 278 g/mol. The Kier molecular flexibility index (Phi) is 4.73. The number of nitrogens with zero attached hydrogens (tertiary/aromatic N) is 4. The van der Waals surface area contributed by atoms with E-state index >= 15 is 0 Å². The van der Waals surface area contributed by atoms with E-state index < -0.39 is 0 Å². The van der Waals surface area contributed by atoms with Crippen LogP contribution in [0.2, 0.25) is 0 Å². The molecule has 7 heteroatoms. The molecule has 0 fully saturated rings. The Bertz CT molecular complexity index is 565. The number of anilines is 2. The van der Waals surface area contributed by atoms with E-state index in [0.717, 1.165) is 36.4 Å². The third-order valence-corrected chi connectivity index (χ3v) is 2.83. The van der Waals surface area contributed by atoms with Gasteiger partial charge in [-0.1, -0.05) is 0 Å². The average Bonchev–Trinajstić information content (AvgIpc) is 2.76. The summed E-state index contributed by atoms with van der Waals surface area (Å²) in [4.78, 5) is 9.02. The van der Waals surface area contributed by atoms with Crippen LogP contribution in [-0.4, -0.2) is 46.1 Å². The SMILES string of the molecule is COCCCNc1nc(NC(C)C)c2cnn(C)c2n1. The van der Waals surface area contributed by atoms with Crippen LogP contribution in [0.4, 0.5) is 11.8 Å². The molecule has 0 aliphatic rings. The van der Waals surface area contributed by atoms with E-state index in [1.165, 1.54) is 0 Å². The summed E-state index contributed by atoms with van der Waals surface area (Å²) in [6, 6.07) is 0.301. The summed E-state index contributed by atoms with van der Waals surface area (Å²) in [7, 11) is 3.58. The first-order valence-corrected chi connectivity index (χ1v) is 6.81. The van der Waals surface area contributed by atoms with Gasteiger partial charge in [0.2, 0.25) is 5.95 Å². The number of aryl methyl sites for hydroxylation is 1. The molecule has 20 heavy (non-hydrogen) atoms. The molecule has 0 unspecified atom stereocenters. The van der Waals surface area contributed by atoms with E-state index in [1.807, 2.05) is 7.05 Å². The van der Waals surface area contributed by atoms with Gasteiger partial charge in [-0.15, -0.1) is 0 Å². The highest BCUT2D eigenvalue weighted by Gasteiger charge is 2.11. The van der Waals surface area contributed by atoms with Crippen molar-refractivity contribution in [1.29, 1.82) is 0 Å². The lowest BCUT2D eigenvalue weighted by Gasteiger charge is -2.12. The number of hydrogen-bond donors (Lipinski definition) is 2. The second kappa shape index (κ2) is 6.51. The molecule has 0 aliphatic heterocycles. The second-order valence-electron chi connectivity index (χ2n) is 4.97. The first kappa shape index (κ1) is 14.5. The fourth-order valence-corrected chi connectivity index (χ4v) is 1.90. The molecule has 2 heterocycles. The summed E-state index contributed by atoms with van der Waals surface area (Å²) in [5.74, 6) is 1.42. The second-order valence-corrected chi connectivity index (χ2v) is 4.97. The van der Waals surface area contributed by atoms with Crippen molar-refractivity contribution in [2.45, 2.75) is 26.3 Å². The zero-order valence-electron chi connectivity index (χ0n) is 12.5. The molecule has 2 aromatic rings. The van der Waals surface area contributed by atoms with Crippen LogP contribution in [0.25, 0.3) is 11.0 Å². The minimum Gasteiger partial charge on any atom is -0.385 e. The van der Waals surface area contributed by atoms with Gasteiger partial charge in [0.15, 0.2) is 5.65 Å². The van der Waals surface area contributed by atoms with Gasteiger partial charge in [-0.3, -0.25) is 4.68 Å². The molecule has 0 aromatic carbocycles. The summed E-state index contributed by atoms with van der Waals surface area (Å²) in [6.45, 7) is 5.66. The largest absolute Gasteiger partial charge is 0.385 e. The van der Waals surface area contributed by atoms with Crippen LogP contribution in [0.5, 0.6) is 0 Å². The lowest BCUT2D eigenvalue weighted by Crippen LogP contribution is -2.14. The van der Waals surface area contributed by atoms with Crippen LogP contribution >= 0.6 is 0 Å². The van der Waals surface area contributed by atoms with Crippen molar-refractivity contribution in [2.75, 3.05) is 30.9 Å². The lowest BCUT2D eigenvalue weighted by atomic mass is 10.3. The van der Waals surface area contributed by atoms with Crippen molar-refractivity contribution < 1.29 is 4.74 Å². The van der Waals surface area contributed by atoms with Crippen LogP contribution in [-0.2, 0) is 11.8 Å². The van der Waals surface area contributed by atoms with Crippen LogP contribution in [0.1, 0.15) is 20.3 Å². The van der Waals surface area contributed by atoms with Gasteiger partial charge >= 0.3 is 0 Å². The summed E-state index contributed by atoms with van der Waals surface area (Å²) in [6.07, 6.45) is 2.70. The van der Waals surface area contributed by atoms with Gasteiger partial charge in [0.05, 0.1) is 11.6 Å². The van der Waals surface area contributed by atoms with Crippen molar-refractivity contribution >= 4 is 22.8 Å². The predicted octanol–water partition coefficient (Wildman–Crippen LogP) is 1.63. The van der Waals surface area contributed by atoms with E-state index in [2.05, 4.69) is 39.5 Å². The third kappa shape index (κ3) is 3.36. The lowest BCUT2D eigenvalue weighted by molar-refractivity contribution is 0.197. The van der Waals surface area contributed by atoms with Crippen molar-refractivity contribution in [3.63, 3.8) is 0 Å². The van der Waals surface area contributed by atoms with Crippen molar-refractivity contribution in [2.24, 2.45) is 7.05 Å². The van der Waals surface area contributed by atoms with Gasteiger partial charge in [0.1, 0.15) is 5.82 Å². The molecule has 7 nitrogen and oxygen atoms in total. The maximum atomic E-state index is 5.03. The molecular weight excluding hydrogens is 256 g/mol. The summed E-state index contributed by atoms with van der Waals surface area (Å²) in [5, 5.41) is 11.7. The van der Waals surface area contributed by atoms with Crippen LogP contribution in [0.15, 0.2) is 6.20 Å². The highest BCUT2D eigenvalue weighted by atomic mass is 16.5. The first-order chi connectivity index (χ1) is 9.61. The summed E-state index contributed by atoms with van der Waals surface area (Å²) < 4.78 is 6.78. The molecule has 0 atom stereocenters. The fourth-order valence-electron chi connectivity index (χ4n) is 1.90. The van der Waals surface area contributed by atoms with E-state index in [-0.39, 0.29) is 0 Å². The summed E-state index contributed by atoms with van der Waals surface area (Å²) in [5.41, 5.74) is 0.817. The fraction of sp³-hybridized carbons (Fsp3) is 0.615. The average molecular weight is 278 g/mol. The smallest absolute Gasteiger partial charge is 0.226 e. The number of hydrogen-bond acceptors (Lipinski definition) is 6. The Labute approximate surface area is 118 Å². The van der Waals surface area contributed by atoms with E-state index in [1.54, 1.807) is 18.0 Å². The van der Waals surface area contributed by atoms with Gasteiger partial charge in [0, 0.05) is 33.4 Å². The van der Waals surface area contributed by atoms with Crippen LogP contribution < -0.4 is 10.6 Å². The molecule has 0 bridgehead atoms. The van der Waals surface area contributed by atoms with E-state index in [9.17, 15) is 0 Å². The Balaban J connectivity index is 2.23. The highest BCUT2D eigenvalue weighted by molar-refractivity contribution is 5.87. The van der Waals surface area contributed by atoms with Crippen molar-refractivity contribution in [3.8, 4) is 0 Å². The van der Waals surface area contributed by atoms with Crippen molar-refractivity contribution in [3.05, 3.63) is 6.20 Å². The van der Waals surface area contributed by atoms with Crippen LogP contribution in [0.3, 0.4) is 0 Å². The Morgan fingerprint density at radius 3 is 2.85 bits per heavy atom. The molecule has 0 saturated heterocycles. The van der Waals surface area contributed by atoms with Gasteiger partial charge in [0.25, 0.3) is 0 Å². The van der Waals surface area contributed by atoms with Crippen molar-refractivity contribution in [1.82, 2.24) is 19.7 Å². The zero-order valence-corrected chi connectivity index (χ0v) is 12.5. The molecule has 2 aromatic heterocycles. The number of fused-ring (bicyclic) bond motifs is 1. The molecule has 0 amide bonds. The predicted molar refractivity (Wildman–Crippen MR) is 80.0 cm³/mol. The minimum atomic E-state index is 0.301. The number of aromatic nitrogens is 4. The standard InChI is InChI=1S/C13H22N6O/c1-9(2)16-11-10-8-15-19(3)12(10)18-13(17-11)14-6-5-7-20-4/h8-9H,5-7H2,1-4H3,(H2,14,16,17,18). The Hall–Kier alpha value is -1.89. The number of methoxy groups -OCH3 is 1. The molecule has 110 valence electrons. The van der Waals surface area contributed by atoms with Crippen LogP contribution in [0, 0.1) is 0 Å². The molecular formula is C13H22N6O. The quantitative estimate of drug-likeness (QED) is 0.750.